The third-order valence-electron chi connectivity index (χ3n) is 3.56. The standard InChI is InChI=1S/C17H21BrN2/c1-13-6-5-8-14(10-13)17(11-19)20(2)12-15-7-3-4-9-16(15)18/h3-10,17H,11-12,19H2,1-2H3. The maximum atomic E-state index is 5.99. The van der Waals surface area contributed by atoms with Crippen LogP contribution in [-0.4, -0.2) is 18.5 Å². The highest BCUT2D eigenvalue weighted by Crippen LogP contribution is 2.24. The van der Waals surface area contributed by atoms with E-state index in [2.05, 4.69) is 77.3 Å². The lowest BCUT2D eigenvalue weighted by Crippen LogP contribution is -2.30. The van der Waals surface area contributed by atoms with Crippen LogP contribution in [-0.2, 0) is 6.54 Å². The molecule has 2 aromatic rings. The Morgan fingerprint density at radius 2 is 1.90 bits per heavy atom. The van der Waals surface area contributed by atoms with Crippen LogP contribution in [0.4, 0.5) is 0 Å². The maximum absolute atomic E-state index is 5.99. The van der Waals surface area contributed by atoms with Gasteiger partial charge in [-0.1, -0.05) is 64.0 Å². The predicted molar refractivity (Wildman–Crippen MR) is 88.6 cm³/mol. The zero-order valence-corrected chi connectivity index (χ0v) is 13.6. The van der Waals surface area contributed by atoms with Crippen LogP contribution in [0.15, 0.2) is 53.0 Å². The summed E-state index contributed by atoms with van der Waals surface area (Å²) in [6.07, 6.45) is 0. The predicted octanol–water partition coefficient (Wildman–Crippen LogP) is 3.89. The molecule has 2 aromatic carbocycles. The molecular formula is C17H21BrN2. The lowest BCUT2D eigenvalue weighted by molar-refractivity contribution is 0.241. The van der Waals surface area contributed by atoms with Gasteiger partial charge in [0, 0.05) is 23.6 Å². The number of halogens is 1. The SMILES string of the molecule is Cc1cccc(C(CN)N(C)Cc2ccccc2Br)c1. The van der Waals surface area contributed by atoms with Crippen LogP contribution in [0.5, 0.6) is 0 Å². The van der Waals surface area contributed by atoms with E-state index in [0.29, 0.717) is 6.54 Å². The van der Waals surface area contributed by atoms with E-state index in [1.165, 1.54) is 16.7 Å². The van der Waals surface area contributed by atoms with E-state index in [9.17, 15) is 0 Å². The number of nitrogens with zero attached hydrogens (tertiary/aromatic N) is 1. The van der Waals surface area contributed by atoms with Gasteiger partial charge in [-0.3, -0.25) is 4.90 Å². The zero-order valence-electron chi connectivity index (χ0n) is 12.0. The van der Waals surface area contributed by atoms with Crippen molar-refractivity contribution in [1.82, 2.24) is 4.90 Å². The smallest absolute Gasteiger partial charge is 0.0471 e. The monoisotopic (exact) mass is 332 g/mol. The number of likely N-dealkylation sites (N-methyl/N-ethyl adjacent to an activating group) is 1. The van der Waals surface area contributed by atoms with Crippen LogP contribution < -0.4 is 5.73 Å². The molecule has 0 aromatic heterocycles. The van der Waals surface area contributed by atoms with Crippen LogP contribution in [0.2, 0.25) is 0 Å². The Labute approximate surface area is 129 Å². The van der Waals surface area contributed by atoms with Crippen LogP contribution in [0.25, 0.3) is 0 Å². The molecule has 2 rings (SSSR count). The first-order valence-electron chi connectivity index (χ1n) is 6.82. The van der Waals surface area contributed by atoms with Crippen molar-refractivity contribution in [3.8, 4) is 0 Å². The van der Waals surface area contributed by atoms with Gasteiger partial charge in [0.15, 0.2) is 0 Å². The van der Waals surface area contributed by atoms with Gasteiger partial charge in [-0.25, -0.2) is 0 Å². The molecule has 20 heavy (non-hydrogen) atoms. The van der Waals surface area contributed by atoms with Crippen molar-refractivity contribution in [1.29, 1.82) is 0 Å². The molecule has 0 fully saturated rings. The van der Waals surface area contributed by atoms with Crippen LogP contribution in [0.3, 0.4) is 0 Å². The molecule has 1 unspecified atom stereocenters. The number of hydrogen-bond acceptors (Lipinski definition) is 2. The van der Waals surface area contributed by atoms with E-state index in [1.807, 2.05) is 6.07 Å². The van der Waals surface area contributed by atoms with Crippen molar-refractivity contribution >= 4 is 15.9 Å². The molecule has 2 nitrogen and oxygen atoms in total. The largest absolute Gasteiger partial charge is 0.329 e. The lowest BCUT2D eigenvalue weighted by Gasteiger charge is -2.28. The second kappa shape index (κ2) is 7.02. The molecule has 3 heteroatoms. The number of hydrogen-bond donors (Lipinski definition) is 1. The summed E-state index contributed by atoms with van der Waals surface area (Å²) in [7, 11) is 2.12. The van der Waals surface area contributed by atoms with Gasteiger partial charge in [0.05, 0.1) is 0 Å². The molecule has 0 saturated carbocycles. The molecule has 0 aliphatic rings. The average molecular weight is 333 g/mol. The highest BCUT2D eigenvalue weighted by atomic mass is 79.9. The summed E-state index contributed by atoms with van der Waals surface area (Å²) >= 11 is 3.61. The van der Waals surface area contributed by atoms with Crippen molar-refractivity contribution in [2.24, 2.45) is 5.73 Å². The number of benzene rings is 2. The summed E-state index contributed by atoms with van der Waals surface area (Å²) in [6, 6.07) is 17.1. The van der Waals surface area contributed by atoms with E-state index in [-0.39, 0.29) is 6.04 Å². The minimum absolute atomic E-state index is 0.238. The number of rotatable bonds is 5. The molecule has 1 atom stereocenters. The van der Waals surface area contributed by atoms with Crippen molar-refractivity contribution in [2.75, 3.05) is 13.6 Å². The average Bonchev–Trinajstić information content (AvgIpc) is 2.42. The second-order valence-corrected chi connectivity index (χ2v) is 6.03. The van der Waals surface area contributed by atoms with Gasteiger partial charge in [0.25, 0.3) is 0 Å². The summed E-state index contributed by atoms with van der Waals surface area (Å²) in [6.45, 7) is 3.60. The minimum Gasteiger partial charge on any atom is -0.329 e. The highest BCUT2D eigenvalue weighted by molar-refractivity contribution is 9.10. The Bertz CT molecular complexity index is 568. The fourth-order valence-corrected chi connectivity index (χ4v) is 2.86. The third-order valence-corrected chi connectivity index (χ3v) is 4.33. The maximum Gasteiger partial charge on any atom is 0.0471 e. The Balaban J connectivity index is 2.17. The van der Waals surface area contributed by atoms with Crippen molar-refractivity contribution < 1.29 is 0 Å². The van der Waals surface area contributed by atoms with Crippen molar-refractivity contribution in [3.05, 3.63) is 69.7 Å². The fraction of sp³-hybridized carbons (Fsp3) is 0.294. The Morgan fingerprint density at radius 3 is 2.55 bits per heavy atom. The van der Waals surface area contributed by atoms with Crippen molar-refractivity contribution in [2.45, 2.75) is 19.5 Å². The van der Waals surface area contributed by atoms with E-state index in [1.54, 1.807) is 0 Å². The summed E-state index contributed by atoms with van der Waals surface area (Å²) < 4.78 is 1.15. The number of aryl methyl sites for hydroxylation is 1. The van der Waals surface area contributed by atoms with Crippen molar-refractivity contribution in [3.63, 3.8) is 0 Å². The summed E-state index contributed by atoms with van der Waals surface area (Å²) in [5.74, 6) is 0. The fourth-order valence-electron chi connectivity index (χ4n) is 2.45. The van der Waals surface area contributed by atoms with E-state index < -0.39 is 0 Å². The van der Waals surface area contributed by atoms with Crippen LogP contribution in [0, 0.1) is 6.92 Å². The first kappa shape index (κ1) is 15.2. The minimum atomic E-state index is 0.238. The molecule has 0 radical (unpaired) electrons. The zero-order chi connectivity index (χ0) is 14.5. The van der Waals surface area contributed by atoms with E-state index in [0.717, 1.165) is 11.0 Å². The molecule has 0 heterocycles. The first-order valence-corrected chi connectivity index (χ1v) is 7.61. The van der Waals surface area contributed by atoms with Gasteiger partial charge in [0.1, 0.15) is 0 Å². The molecule has 0 saturated heterocycles. The molecule has 106 valence electrons. The normalized spacial score (nSPS) is 12.7. The van der Waals surface area contributed by atoms with Gasteiger partial charge in [-0.05, 0) is 31.2 Å². The molecule has 0 amide bonds. The molecule has 2 N–H and O–H groups in total. The first-order chi connectivity index (χ1) is 9.61. The van der Waals surface area contributed by atoms with E-state index in [4.69, 9.17) is 5.73 Å². The molecule has 0 bridgehead atoms. The van der Waals surface area contributed by atoms with Gasteiger partial charge < -0.3 is 5.73 Å². The lowest BCUT2D eigenvalue weighted by atomic mass is 10.0. The molecule has 0 spiro atoms. The van der Waals surface area contributed by atoms with Gasteiger partial charge in [-0.15, -0.1) is 0 Å². The molecule has 0 aliphatic carbocycles. The Hall–Kier alpha value is -1.16. The second-order valence-electron chi connectivity index (χ2n) is 5.17. The Kier molecular flexibility index (Phi) is 5.35. The van der Waals surface area contributed by atoms with Gasteiger partial charge in [-0.2, -0.15) is 0 Å². The van der Waals surface area contributed by atoms with Gasteiger partial charge >= 0.3 is 0 Å². The van der Waals surface area contributed by atoms with E-state index >= 15 is 0 Å². The third kappa shape index (κ3) is 3.69. The van der Waals surface area contributed by atoms with Gasteiger partial charge in [0.2, 0.25) is 0 Å². The summed E-state index contributed by atoms with van der Waals surface area (Å²) in [5.41, 5.74) is 9.83. The summed E-state index contributed by atoms with van der Waals surface area (Å²) in [4.78, 5) is 2.30. The number of nitrogens with two attached hydrogens (primary N) is 1. The Morgan fingerprint density at radius 1 is 1.15 bits per heavy atom. The molecule has 0 aliphatic heterocycles. The quantitative estimate of drug-likeness (QED) is 0.899. The molecular weight excluding hydrogens is 312 g/mol. The summed E-state index contributed by atoms with van der Waals surface area (Å²) in [5, 5.41) is 0. The van der Waals surface area contributed by atoms with Crippen LogP contribution >= 0.6 is 15.9 Å². The topological polar surface area (TPSA) is 29.3 Å². The highest BCUT2D eigenvalue weighted by Gasteiger charge is 2.16. The van der Waals surface area contributed by atoms with Crippen LogP contribution in [0.1, 0.15) is 22.7 Å².